The first-order valence-corrected chi connectivity index (χ1v) is 6.58. The Morgan fingerprint density at radius 1 is 1.44 bits per heavy atom. The standard InChI is InChI=1S/C13H18BrNO/c1-4-13(3,9-14)15-12(16)11-8-6-5-7-10(11)2/h5-8H,4,9H2,1-3H3,(H,15,16). The first kappa shape index (κ1) is 13.2. The highest BCUT2D eigenvalue weighted by Gasteiger charge is 2.23. The van der Waals surface area contributed by atoms with Crippen LogP contribution in [-0.4, -0.2) is 16.8 Å². The lowest BCUT2D eigenvalue weighted by Gasteiger charge is -2.27. The van der Waals surface area contributed by atoms with Crippen molar-refractivity contribution in [2.45, 2.75) is 32.7 Å². The van der Waals surface area contributed by atoms with E-state index in [0.29, 0.717) is 0 Å². The van der Waals surface area contributed by atoms with Crippen molar-refractivity contribution in [2.75, 3.05) is 5.33 Å². The van der Waals surface area contributed by atoms with Crippen LogP contribution in [0, 0.1) is 6.92 Å². The van der Waals surface area contributed by atoms with Crippen LogP contribution in [-0.2, 0) is 0 Å². The average Bonchev–Trinajstić information content (AvgIpc) is 2.29. The smallest absolute Gasteiger partial charge is 0.251 e. The van der Waals surface area contributed by atoms with Gasteiger partial charge in [-0.05, 0) is 31.9 Å². The van der Waals surface area contributed by atoms with Crippen molar-refractivity contribution in [1.82, 2.24) is 5.32 Å². The van der Waals surface area contributed by atoms with Crippen LogP contribution in [0.3, 0.4) is 0 Å². The molecule has 0 spiro atoms. The molecule has 88 valence electrons. The molecule has 1 unspecified atom stereocenters. The number of hydrogen-bond acceptors (Lipinski definition) is 1. The molecule has 0 aliphatic heterocycles. The third-order valence-electron chi connectivity index (χ3n) is 2.88. The Hall–Kier alpha value is -0.830. The van der Waals surface area contributed by atoms with Gasteiger partial charge in [-0.1, -0.05) is 41.1 Å². The number of aryl methyl sites for hydroxylation is 1. The molecule has 0 saturated heterocycles. The summed E-state index contributed by atoms with van der Waals surface area (Å²) in [5.74, 6) is 0.00176. The third kappa shape index (κ3) is 3.08. The molecule has 0 aliphatic rings. The van der Waals surface area contributed by atoms with E-state index >= 15 is 0 Å². The number of nitrogens with one attached hydrogen (secondary N) is 1. The third-order valence-corrected chi connectivity index (χ3v) is 4.12. The summed E-state index contributed by atoms with van der Waals surface area (Å²) in [4.78, 5) is 12.1. The Bertz CT molecular complexity index is 372. The van der Waals surface area contributed by atoms with Crippen molar-refractivity contribution in [3.8, 4) is 0 Å². The maximum Gasteiger partial charge on any atom is 0.251 e. The maximum atomic E-state index is 12.1. The summed E-state index contributed by atoms with van der Waals surface area (Å²) in [6.07, 6.45) is 0.899. The monoisotopic (exact) mass is 283 g/mol. The fourth-order valence-corrected chi connectivity index (χ4v) is 1.92. The molecular formula is C13H18BrNO. The summed E-state index contributed by atoms with van der Waals surface area (Å²) in [5.41, 5.74) is 1.58. The first-order chi connectivity index (χ1) is 7.52. The van der Waals surface area contributed by atoms with Crippen molar-refractivity contribution >= 4 is 21.8 Å². The molecule has 1 aromatic carbocycles. The molecule has 0 heterocycles. The summed E-state index contributed by atoms with van der Waals surface area (Å²) >= 11 is 3.44. The molecule has 0 bridgehead atoms. The van der Waals surface area contributed by atoms with Crippen molar-refractivity contribution in [2.24, 2.45) is 0 Å². The van der Waals surface area contributed by atoms with E-state index in [2.05, 4.69) is 28.2 Å². The van der Waals surface area contributed by atoms with Crippen LogP contribution in [0.5, 0.6) is 0 Å². The Balaban J connectivity index is 2.84. The van der Waals surface area contributed by atoms with E-state index in [1.807, 2.05) is 38.1 Å². The Labute approximate surface area is 106 Å². The van der Waals surface area contributed by atoms with E-state index in [4.69, 9.17) is 0 Å². The van der Waals surface area contributed by atoms with Gasteiger partial charge in [-0.2, -0.15) is 0 Å². The minimum atomic E-state index is -0.181. The molecule has 0 radical (unpaired) electrons. The summed E-state index contributed by atoms with van der Waals surface area (Å²) < 4.78 is 0. The highest BCUT2D eigenvalue weighted by atomic mass is 79.9. The number of carbonyl (C=O) groups excluding carboxylic acids is 1. The first-order valence-electron chi connectivity index (χ1n) is 5.46. The van der Waals surface area contributed by atoms with Gasteiger partial charge in [0, 0.05) is 16.4 Å². The van der Waals surface area contributed by atoms with Crippen LogP contribution in [0.15, 0.2) is 24.3 Å². The SMILES string of the molecule is CCC(C)(CBr)NC(=O)c1ccccc1C. The Morgan fingerprint density at radius 2 is 2.06 bits per heavy atom. The predicted octanol–water partition coefficient (Wildman–Crippen LogP) is 3.29. The molecule has 0 aliphatic carbocycles. The molecule has 0 fully saturated rings. The number of amides is 1. The second-order valence-corrected chi connectivity index (χ2v) is 4.88. The molecule has 1 amide bonds. The zero-order chi connectivity index (χ0) is 12.2. The molecule has 1 aromatic rings. The van der Waals surface area contributed by atoms with Gasteiger partial charge < -0.3 is 5.32 Å². The van der Waals surface area contributed by atoms with Gasteiger partial charge in [0.05, 0.1) is 0 Å². The molecule has 3 heteroatoms. The van der Waals surface area contributed by atoms with Crippen molar-refractivity contribution in [3.05, 3.63) is 35.4 Å². The van der Waals surface area contributed by atoms with Crippen LogP contribution >= 0.6 is 15.9 Å². The lowest BCUT2D eigenvalue weighted by molar-refractivity contribution is 0.0913. The van der Waals surface area contributed by atoms with E-state index in [9.17, 15) is 4.79 Å². The van der Waals surface area contributed by atoms with Gasteiger partial charge in [-0.25, -0.2) is 0 Å². The summed E-state index contributed by atoms with van der Waals surface area (Å²) in [6.45, 7) is 6.06. The highest BCUT2D eigenvalue weighted by molar-refractivity contribution is 9.09. The van der Waals surface area contributed by atoms with Gasteiger partial charge >= 0.3 is 0 Å². The van der Waals surface area contributed by atoms with Gasteiger partial charge in [0.2, 0.25) is 0 Å². The quantitative estimate of drug-likeness (QED) is 0.845. The van der Waals surface area contributed by atoms with Gasteiger partial charge in [-0.15, -0.1) is 0 Å². The van der Waals surface area contributed by atoms with Gasteiger partial charge in [-0.3, -0.25) is 4.79 Å². The van der Waals surface area contributed by atoms with Crippen LogP contribution in [0.25, 0.3) is 0 Å². The van der Waals surface area contributed by atoms with Crippen LogP contribution in [0.4, 0.5) is 0 Å². The summed E-state index contributed by atoms with van der Waals surface area (Å²) in [5, 5.41) is 3.82. The van der Waals surface area contributed by atoms with Crippen LogP contribution in [0.2, 0.25) is 0 Å². The highest BCUT2D eigenvalue weighted by Crippen LogP contribution is 2.15. The molecule has 0 saturated carbocycles. The predicted molar refractivity (Wildman–Crippen MR) is 71.1 cm³/mol. The van der Waals surface area contributed by atoms with E-state index in [-0.39, 0.29) is 11.4 Å². The topological polar surface area (TPSA) is 29.1 Å². The average molecular weight is 284 g/mol. The fraction of sp³-hybridized carbons (Fsp3) is 0.462. The largest absolute Gasteiger partial charge is 0.346 e. The lowest BCUT2D eigenvalue weighted by Crippen LogP contribution is -2.47. The minimum absolute atomic E-state index is 0.00176. The molecular weight excluding hydrogens is 266 g/mol. The lowest BCUT2D eigenvalue weighted by atomic mass is 10.0. The molecule has 1 atom stereocenters. The number of rotatable bonds is 4. The number of carbonyl (C=O) groups is 1. The normalized spacial score (nSPS) is 14.2. The molecule has 0 aromatic heterocycles. The maximum absolute atomic E-state index is 12.1. The van der Waals surface area contributed by atoms with E-state index in [1.54, 1.807) is 0 Å². The van der Waals surface area contributed by atoms with Gasteiger partial charge in [0.1, 0.15) is 0 Å². The van der Waals surface area contributed by atoms with Gasteiger partial charge in [0.25, 0.3) is 5.91 Å². The molecule has 1 N–H and O–H groups in total. The summed E-state index contributed by atoms with van der Waals surface area (Å²) in [6, 6.07) is 7.64. The van der Waals surface area contributed by atoms with E-state index < -0.39 is 0 Å². The second kappa shape index (κ2) is 5.48. The Morgan fingerprint density at radius 3 is 2.56 bits per heavy atom. The minimum Gasteiger partial charge on any atom is -0.346 e. The van der Waals surface area contributed by atoms with Crippen LogP contribution < -0.4 is 5.32 Å². The molecule has 16 heavy (non-hydrogen) atoms. The summed E-state index contributed by atoms with van der Waals surface area (Å²) in [7, 11) is 0. The van der Waals surface area contributed by atoms with Crippen molar-refractivity contribution < 1.29 is 4.79 Å². The molecule has 2 nitrogen and oxygen atoms in total. The van der Waals surface area contributed by atoms with Crippen molar-refractivity contribution in [1.29, 1.82) is 0 Å². The molecule has 1 rings (SSSR count). The number of benzene rings is 1. The number of hydrogen-bond donors (Lipinski definition) is 1. The Kier molecular flexibility index (Phi) is 4.54. The van der Waals surface area contributed by atoms with E-state index in [0.717, 1.165) is 22.9 Å². The van der Waals surface area contributed by atoms with Gasteiger partial charge in [0.15, 0.2) is 0 Å². The van der Waals surface area contributed by atoms with Crippen LogP contribution in [0.1, 0.15) is 36.2 Å². The fourth-order valence-electron chi connectivity index (χ4n) is 1.39. The van der Waals surface area contributed by atoms with Crippen molar-refractivity contribution in [3.63, 3.8) is 0 Å². The zero-order valence-electron chi connectivity index (χ0n) is 10.0. The van der Waals surface area contributed by atoms with E-state index in [1.165, 1.54) is 0 Å². The second-order valence-electron chi connectivity index (χ2n) is 4.32. The number of halogens is 1. The number of alkyl halides is 1. The zero-order valence-corrected chi connectivity index (χ0v) is 11.6.